The summed E-state index contributed by atoms with van der Waals surface area (Å²) in [6.07, 6.45) is 3.04. The third-order valence-corrected chi connectivity index (χ3v) is 4.33. The fraction of sp³-hybridized carbons (Fsp3) is 0.174. The van der Waals surface area contributed by atoms with E-state index in [1.165, 1.54) is 6.08 Å². The zero-order valence-corrected chi connectivity index (χ0v) is 16.8. The Hall–Kier alpha value is -3.87. The van der Waals surface area contributed by atoms with Crippen LogP contribution in [0.4, 0.5) is 10.5 Å². The van der Waals surface area contributed by atoms with Crippen LogP contribution in [0.1, 0.15) is 18.1 Å². The first-order valence-electron chi connectivity index (χ1n) is 9.43. The molecule has 1 aliphatic heterocycles. The number of barbiturate groups is 1. The standard InChI is InChI=1S/C23H22N2O5/c1-4-12-30-19-11-8-16(14-20(19)29-5-2)13-18-21(26)24-23(28)25(22(18)27)17-9-6-15(3)7-10-17/h4,6-11,13-14H,1,5,12H2,2-3H3,(H,24,26,28)/b18-13-. The van der Waals surface area contributed by atoms with Gasteiger partial charge in [-0.15, -0.1) is 0 Å². The van der Waals surface area contributed by atoms with Crippen LogP contribution in [0.5, 0.6) is 11.5 Å². The van der Waals surface area contributed by atoms with Crippen molar-refractivity contribution >= 4 is 29.6 Å². The number of ether oxygens (including phenoxy) is 2. The van der Waals surface area contributed by atoms with E-state index < -0.39 is 17.8 Å². The second-order valence-electron chi connectivity index (χ2n) is 6.53. The predicted octanol–water partition coefficient (Wildman–Crippen LogP) is 3.62. The van der Waals surface area contributed by atoms with Gasteiger partial charge in [-0.05, 0) is 49.8 Å². The molecule has 30 heavy (non-hydrogen) atoms. The van der Waals surface area contributed by atoms with E-state index in [9.17, 15) is 14.4 Å². The van der Waals surface area contributed by atoms with E-state index in [-0.39, 0.29) is 5.57 Å². The van der Waals surface area contributed by atoms with Crippen LogP contribution in [0.15, 0.2) is 60.7 Å². The molecule has 0 aromatic heterocycles. The van der Waals surface area contributed by atoms with Crippen molar-refractivity contribution < 1.29 is 23.9 Å². The molecule has 3 rings (SSSR count). The molecular formula is C23H22N2O5. The van der Waals surface area contributed by atoms with Crippen molar-refractivity contribution in [1.82, 2.24) is 5.32 Å². The van der Waals surface area contributed by atoms with Crippen molar-refractivity contribution in [1.29, 1.82) is 0 Å². The van der Waals surface area contributed by atoms with Crippen LogP contribution < -0.4 is 19.7 Å². The summed E-state index contributed by atoms with van der Waals surface area (Å²) in [6, 6.07) is 11.1. The van der Waals surface area contributed by atoms with Crippen molar-refractivity contribution in [3.05, 3.63) is 71.8 Å². The lowest BCUT2D eigenvalue weighted by atomic mass is 10.1. The van der Waals surface area contributed by atoms with Crippen molar-refractivity contribution in [2.24, 2.45) is 0 Å². The lowest BCUT2D eigenvalue weighted by molar-refractivity contribution is -0.122. The minimum absolute atomic E-state index is 0.155. The van der Waals surface area contributed by atoms with Crippen LogP contribution in [0, 0.1) is 6.92 Å². The minimum atomic E-state index is -0.783. The summed E-state index contributed by atoms with van der Waals surface area (Å²) in [5.41, 5.74) is 1.76. The Labute approximate surface area is 174 Å². The first kappa shape index (κ1) is 20.9. The van der Waals surface area contributed by atoms with Gasteiger partial charge in [0.25, 0.3) is 11.8 Å². The normalized spacial score (nSPS) is 15.2. The van der Waals surface area contributed by atoms with Crippen LogP contribution in [-0.2, 0) is 9.59 Å². The third kappa shape index (κ3) is 4.41. The molecule has 0 bridgehead atoms. The van der Waals surface area contributed by atoms with Crippen molar-refractivity contribution in [2.45, 2.75) is 13.8 Å². The van der Waals surface area contributed by atoms with Gasteiger partial charge >= 0.3 is 6.03 Å². The molecule has 0 unspecified atom stereocenters. The number of imide groups is 2. The quantitative estimate of drug-likeness (QED) is 0.431. The number of carbonyl (C=O) groups excluding carboxylic acids is 3. The molecule has 1 aliphatic rings. The Morgan fingerprint density at radius 3 is 2.43 bits per heavy atom. The van der Waals surface area contributed by atoms with E-state index in [1.54, 1.807) is 48.5 Å². The summed E-state index contributed by atoms with van der Waals surface area (Å²) in [5.74, 6) is -0.450. The van der Waals surface area contributed by atoms with E-state index >= 15 is 0 Å². The van der Waals surface area contributed by atoms with Crippen LogP contribution in [-0.4, -0.2) is 31.1 Å². The van der Waals surface area contributed by atoms with E-state index in [1.807, 2.05) is 13.8 Å². The molecular weight excluding hydrogens is 384 g/mol. The molecule has 2 aromatic carbocycles. The summed E-state index contributed by atoms with van der Waals surface area (Å²) in [7, 11) is 0. The molecule has 7 heteroatoms. The largest absolute Gasteiger partial charge is 0.490 e. The van der Waals surface area contributed by atoms with Gasteiger partial charge in [-0.25, -0.2) is 9.69 Å². The molecule has 0 spiro atoms. The van der Waals surface area contributed by atoms with Gasteiger partial charge in [0, 0.05) is 0 Å². The topological polar surface area (TPSA) is 84.9 Å². The molecule has 0 aliphatic carbocycles. The number of anilines is 1. The SMILES string of the molecule is C=CCOc1ccc(/C=C2/C(=O)NC(=O)N(c3ccc(C)cc3)C2=O)cc1OCC. The molecule has 2 aromatic rings. The lowest BCUT2D eigenvalue weighted by Crippen LogP contribution is -2.54. The monoisotopic (exact) mass is 406 g/mol. The molecule has 0 radical (unpaired) electrons. The van der Waals surface area contributed by atoms with Gasteiger partial charge in [0.1, 0.15) is 12.2 Å². The van der Waals surface area contributed by atoms with Crippen LogP contribution in [0.2, 0.25) is 0 Å². The maximum atomic E-state index is 13.0. The summed E-state index contributed by atoms with van der Waals surface area (Å²) < 4.78 is 11.2. The van der Waals surface area contributed by atoms with E-state index in [0.717, 1.165) is 10.5 Å². The second kappa shape index (κ2) is 9.09. The number of carbonyl (C=O) groups is 3. The number of nitrogens with one attached hydrogen (secondary N) is 1. The first-order chi connectivity index (χ1) is 14.4. The number of hydrogen-bond acceptors (Lipinski definition) is 5. The fourth-order valence-corrected chi connectivity index (χ4v) is 2.90. The number of aryl methyl sites for hydroxylation is 1. The number of hydrogen-bond donors (Lipinski definition) is 1. The van der Waals surface area contributed by atoms with Gasteiger partial charge in [0.2, 0.25) is 0 Å². The average molecular weight is 406 g/mol. The summed E-state index contributed by atoms with van der Waals surface area (Å²) in [6.45, 7) is 8.08. The van der Waals surface area contributed by atoms with Gasteiger partial charge in [-0.3, -0.25) is 14.9 Å². The molecule has 154 valence electrons. The lowest BCUT2D eigenvalue weighted by Gasteiger charge is -2.26. The number of benzene rings is 2. The number of urea groups is 1. The van der Waals surface area contributed by atoms with Crippen LogP contribution >= 0.6 is 0 Å². The Balaban J connectivity index is 1.96. The van der Waals surface area contributed by atoms with Crippen molar-refractivity contribution in [3.8, 4) is 11.5 Å². The molecule has 7 nitrogen and oxygen atoms in total. The van der Waals surface area contributed by atoms with Crippen molar-refractivity contribution in [3.63, 3.8) is 0 Å². The predicted molar refractivity (Wildman–Crippen MR) is 113 cm³/mol. The van der Waals surface area contributed by atoms with E-state index in [0.29, 0.717) is 36.0 Å². The van der Waals surface area contributed by atoms with Gasteiger partial charge < -0.3 is 9.47 Å². The Morgan fingerprint density at radius 1 is 1.03 bits per heavy atom. The molecule has 1 fully saturated rings. The third-order valence-electron chi connectivity index (χ3n) is 4.33. The van der Waals surface area contributed by atoms with Crippen LogP contribution in [0.25, 0.3) is 6.08 Å². The number of amides is 4. The summed E-state index contributed by atoms with van der Waals surface area (Å²) >= 11 is 0. The molecule has 0 saturated carbocycles. The number of rotatable bonds is 7. The second-order valence-corrected chi connectivity index (χ2v) is 6.53. The molecule has 1 N–H and O–H groups in total. The highest BCUT2D eigenvalue weighted by Gasteiger charge is 2.36. The van der Waals surface area contributed by atoms with E-state index in [4.69, 9.17) is 9.47 Å². The Bertz CT molecular complexity index is 1020. The van der Waals surface area contributed by atoms with Gasteiger partial charge in [0.15, 0.2) is 11.5 Å². The highest BCUT2D eigenvalue weighted by Crippen LogP contribution is 2.30. The maximum Gasteiger partial charge on any atom is 0.335 e. The molecule has 1 saturated heterocycles. The maximum absolute atomic E-state index is 13.0. The fourth-order valence-electron chi connectivity index (χ4n) is 2.90. The van der Waals surface area contributed by atoms with E-state index in [2.05, 4.69) is 11.9 Å². The van der Waals surface area contributed by atoms with Crippen molar-refractivity contribution in [2.75, 3.05) is 18.1 Å². The Kier molecular flexibility index (Phi) is 6.32. The zero-order valence-electron chi connectivity index (χ0n) is 16.8. The molecule has 4 amide bonds. The first-order valence-corrected chi connectivity index (χ1v) is 9.43. The average Bonchev–Trinajstić information content (AvgIpc) is 2.72. The molecule has 0 atom stereocenters. The van der Waals surface area contributed by atoms with Gasteiger partial charge in [-0.2, -0.15) is 0 Å². The zero-order chi connectivity index (χ0) is 21.7. The number of nitrogens with zero attached hydrogens (tertiary/aromatic N) is 1. The summed E-state index contributed by atoms with van der Waals surface area (Å²) in [4.78, 5) is 38.5. The van der Waals surface area contributed by atoms with Gasteiger partial charge in [0.05, 0.1) is 12.3 Å². The van der Waals surface area contributed by atoms with Crippen LogP contribution in [0.3, 0.4) is 0 Å². The van der Waals surface area contributed by atoms with Gasteiger partial charge in [-0.1, -0.05) is 36.4 Å². The highest BCUT2D eigenvalue weighted by molar-refractivity contribution is 6.39. The Morgan fingerprint density at radius 2 is 1.77 bits per heavy atom. The minimum Gasteiger partial charge on any atom is -0.490 e. The highest BCUT2D eigenvalue weighted by atomic mass is 16.5. The smallest absolute Gasteiger partial charge is 0.335 e. The summed E-state index contributed by atoms with van der Waals surface area (Å²) in [5, 5.41) is 2.21. The molecule has 1 heterocycles.